The summed E-state index contributed by atoms with van der Waals surface area (Å²) in [6.45, 7) is 6.33. The van der Waals surface area contributed by atoms with Crippen LogP contribution in [0.15, 0.2) is 36.4 Å². The van der Waals surface area contributed by atoms with Gasteiger partial charge in [-0.3, -0.25) is 4.79 Å². The predicted octanol–water partition coefficient (Wildman–Crippen LogP) is 4.02. The lowest BCUT2D eigenvalue weighted by Gasteiger charge is -2.13. The van der Waals surface area contributed by atoms with E-state index in [1.165, 1.54) is 0 Å². The summed E-state index contributed by atoms with van der Waals surface area (Å²) < 4.78 is 0. The molecule has 1 amide bonds. The minimum absolute atomic E-state index is 0.210. The third kappa shape index (κ3) is 4.79. The number of carbonyl (C=O) groups excluding carboxylic acids is 1. The van der Waals surface area contributed by atoms with E-state index in [4.69, 9.17) is 11.6 Å². The van der Waals surface area contributed by atoms with Crippen LogP contribution in [0.3, 0.4) is 0 Å². The summed E-state index contributed by atoms with van der Waals surface area (Å²) in [5.74, 6) is 0.0576. The van der Waals surface area contributed by atoms with Crippen LogP contribution in [0.1, 0.15) is 59.6 Å². The molecule has 24 heavy (non-hydrogen) atoms. The summed E-state index contributed by atoms with van der Waals surface area (Å²) in [5.41, 5.74) is 2.97. The molecule has 2 rings (SSSR count). The minimum Gasteiger partial charge on any atom is -0.388 e. The van der Waals surface area contributed by atoms with Gasteiger partial charge in [0.2, 0.25) is 0 Å². The fourth-order valence-corrected chi connectivity index (χ4v) is 2.48. The van der Waals surface area contributed by atoms with Crippen molar-refractivity contribution in [2.45, 2.75) is 39.2 Å². The van der Waals surface area contributed by atoms with Crippen LogP contribution in [-0.2, 0) is 0 Å². The molecule has 2 N–H and O–H groups in total. The third-order valence-electron chi connectivity index (χ3n) is 3.88. The number of aliphatic hydroxyl groups excluding tert-OH is 1. The molecule has 1 unspecified atom stereocenters. The van der Waals surface area contributed by atoms with Gasteiger partial charge in [0.05, 0.1) is 6.10 Å². The van der Waals surface area contributed by atoms with E-state index in [1.807, 2.05) is 32.9 Å². The van der Waals surface area contributed by atoms with Gasteiger partial charge in [0.15, 0.2) is 0 Å². The van der Waals surface area contributed by atoms with Gasteiger partial charge in [-0.15, -0.1) is 0 Å². The molecule has 0 saturated heterocycles. The predicted molar refractivity (Wildman–Crippen MR) is 96.4 cm³/mol. The number of amides is 1. The van der Waals surface area contributed by atoms with Crippen molar-refractivity contribution >= 4 is 17.5 Å². The summed E-state index contributed by atoms with van der Waals surface area (Å²) >= 11 is 5.83. The van der Waals surface area contributed by atoms with Crippen LogP contribution >= 0.6 is 11.6 Å². The number of pyridine rings is 1. The minimum atomic E-state index is -0.640. The summed E-state index contributed by atoms with van der Waals surface area (Å²) in [6.07, 6.45) is -0.213. The summed E-state index contributed by atoms with van der Waals surface area (Å²) in [6, 6.07) is 10.9. The molecular weight excluding hydrogens is 324 g/mol. The second-order valence-corrected chi connectivity index (χ2v) is 6.60. The summed E-state index contributed by atoms with van der Waals surface area (Å²) in [5, 5.41) is 13.6. The quantitative estimate of drug-likeness (QED) is 0.830. The normalized spacial score (nSPS) is 12.2. The van der Waals surface area contributed by atoms with Gasteiger partial charge in [-0.05, 0) is 48.6 Å². The van der Waals surface area contributed by atoms with Crippen LogP contribution in [0.2, 0.25) is 5.02 Å². The van der Waals surface area contributed by atoms with E-state index >= 15 is 0 Å². The molecule has 2 aromatic rings. The van der Waals surface area contributed by atoms with Gasteiger partial charge in [0.1, 0.15) is 5.69 Å². The average molecular weight is 347 g/mol. The van der Waals surface area contributed by atoms with E-state index in [0.29, 0.717) is 23.7 Å². The Morgan fingerprint density at radius 3 is 2.50 bits per heavy atom. The molecule has 0 fully saturated rings. The van der Waals surface area contributed by atoms with Gasteiger partial charge >= 0.3 is 0 Å². The topological polar surface area (TPSA) is 62.2 Å². The van der Waals surface area contributed by atoms with Crippen LogP contribution in [0.5, 0.6) is 0 Å². The number of nitrogens with zero attached hydrogens (tertiary/aromatic N) is 1. The Hall–Kier alpha value is -1.91. The molecule has 0 spiro atoms. The highest BCUT2D eigenvalue weighted by atomic mass is 35.5. The lowest BCUT2D eigenvalue weighted by molar-refractivity contribution is 0.0936. The van der Waals surface area contributed by atoms with Crippen molar-refractivity contribution in [1.29, 1.82) is 0 Å². The average Bonchev–Trinajstić information content (AvgIpc) is 2.55. The van der Waals surface area contributed by atoms with Crippen LogP contribution < -0.4 is 5.32 Å². The van der Waals surface area contributed by atoms with Crippen LogP contribution in [0.4, 0.5) is 0 Å². The standard InChI is InChI=1S/C19H23ClN2O2/c1-12(2)16-9-4-13(3)18(22-16)19(24)21-11-10-17(23)14-5-7-15(20)8-6-14/h4-9,12,17,23H,10-11H2,1-3H3,(H,21,24). The molecule has 1 atom stereocenters. The largest absolute Gasteiger partial charge is 0.388 e. The Kier molecular flexibility index (Phi) is 6.35. The maximum Gasteiger partial charge on any atom is 0.270 e. The number of hydrogen-bond donors (Lipinski definition) is 2. The molecule has 128 valence electrons. The van der Waals surface area contributed by atoms with E-state index < -0.39 is 6.10 Å². The first-order chi connectivity index (χ1) is 11.4. The van der Waals surface area contributed by atoms with E-state index in [-0.39, 0.29) is 11.8 Å². The molecule has 0 aliphatic heterocycles. The first-order valence-corrected chi connectivity index (χ1v) is 8.45. The zero-order chi connectivity index (χ0) is 17.7. The van der Waals surface area contributed by atoms with Crippen molar-refractivity contribution in [3.05, 3.63) is 63.9 Å². The Morgan fingerprint density at radius 1 is 1.21 bits per heavy atom. The molecule has 0 bridgehead atoms. The van der Waals surface area contributed by atoms with Gasteiger partial charge in [0, 0.05) is 17.3 Å². The van der Waals surface area contributed by atoms with Crippen LogP contribution in [-0.4, -0.2) is 22.5 Å². The molecule has 0 aliphatic carbocycles. The van der Waals surface area contributed by atoms with Crippen LogP contribution in [0.25, 0.3) is 0 Å². The van der Waals surface area contributed by atoms with Crippen LogP contribution in [0, 0.1) is 6.92 Å². The highest BCUT2D eigenvalue weighted by Crippen LogP contribution is 2.19. The summed E-state index contributed by atoms with van der Waals surface area (Å²) in [7, 11) is 0. The number of carbonyl (C=O) groups is 1. The van der Waals surface area contributed by atoms with E-state index in [2.05, 4.69) is 10.3 Å². The monoisotopic (exact) mass is 346 g/mol. The van der Waals surface area contributed by atoms with Crippen molar-refractivity contribution in [1.82, 2.24) is 10.3 Å². The molecule has 0 radical (unpaired) electrons. The Balaban J connectivity index is 1.93. The zero-order valence-electron chi connectivity index (χ0n) is 14.2. The van der Waals surface area contributed by atoms with Gasteiger partial charge in [-0.1, -0.05) is 43.6 Å². The van der Waals surface area contributed by atoms with Gasteiger partial charge in [-0.2, -0.15) is 0 Å². The highest BCUT2D eigenvalue weighted by molar-refractivity contribution is 6.30. The number of aromatic nitrogens is 1. The highest BCUT2D eigenvalue weighted by Gasteiger charge is 2.14. The van der Waals surface area contributed by atoms with Crippen molar-refractivity contribution in [3.8, 4) is 0 Å². The fourth-order valence-electron chi connectivity index (χ4n) is 2.35. The van der Waals surface area contributed by atoms with E-state index in [1.54, 1.807) is 24.3 Å². The van der Waals surface area contributed by atoms with Crippen molar-refractivity contribution in [3.63, 3.8) is 0 Å². The number of nitrogens with one attached hydrogen (secondary N) is 1. The molecule has 1 aromatic carbocycles. The molecule has 0 saturated carbocycles. The number of hydrogen-bond acceptors (Lipinski definition) is 3. The smallest absolute Gasteiger partial charge is 0.270 e. The maximum atomic E-state index is 12.3. The first kappa shape index (κ1) is 18.4. The number of rotatable bonds is 6. The lowest BCUT2D eigenvalue weighted by atomic mass is 10.1. The number of aryl methyl sites for hydroxylation is 1. The number of halogens is 1. The van der Waals surface area contributed by atoms with E-state index in [0.717, 1.165) is 16.8 Å². The second kappa shape index (κ2) is 8.27. The van der Waals surface area contributed by atoms with Gasteiger partial charge in [-0.25, -0.2) is 4.98 Å². The Labute approximate surface area is 147 Å². The SMILES string of the molecule is Cc1ccc(C(C)C)nc1C(=O)NCCC(O)c1ccc(Cl)cc1. The summed E-state index contributed by atoms with van der Waals surface area (Å²) in [4.78, 5) is 16.8. The van der Waals surface area contributed by atoms with Crippen molar-refractivity contribution in [2.24, 2.45) is 0 Å². The lowest BCUT2D eigenvalue weighted by Crippen LogP contribution is -2.27. The Morgan fingerprint density at radius 2 is 1.88 bits per heavy atom. The molecular formula is C19H23ClN2O2. The molecule has 4 nitrogen and oxygen atoms in total. The fraction of sp³-hybridized carbons (Fsp3) is 0.368. The third-order valence-corrected chi connectivity index (χ3v) is 4.14. The number of benzene rings is 1. The molecule has 0 aliphatic rings. The zero-order valence-corrected chi connectivity index (χ0v) is 15.0. The van der Waals surface area contributed by atoms with Gasteiger partial charge < -0.3 is 10.4 Å². The number of aliphatic hydroxyl groups is 1. The van der Waals surface area contributed by atoms with Crippen molar-refractivity contribution < 1.29 is 9.90 Å². The second-order valence-electron chi connectivity index (χ2n) is 6.17. The maximum absolute atomic E-state index is 12.3. The van der Waals surface area contributed by atoms with Gasteiger partial charge in [0.25, 0.3) is 5.91 Å². The molecule has 1 aromatic heterocycles. The van der Waals surface area contributed by atoms with Crippen molar-refractivity contribution in [2.75, 3.05) is 6.54 Å². The van der Waals surface area contributed by atoms with E-state index in [9.17, 15) is 9.90 Å². The molecule has 5 heteroatoms. The Bertz CT molecular complexity index is 699. The first-order valence-electron chi connectivity index (χ1n) is 8.07. The molecule has 1 heterocycles.